The SMILES string of the molecule is CCC(C)(C)OC(=O)N1CCN(CCCC(F)(F)F)C[C@@H]1C(=O)N1CCN(c2ccc(C)c(C)c2)CC1. The Balaban J connectivity index is 1.68. The van der Waals surface area contributed by atoms with Crippen molar-refractivity contribution in [2.24, 2.45) is 0 Å². The lowest BCUT2D eigenvalue weighted by molar-refractivity contribution is -0.141. The Labute approximate surface area is 218 Å². The van der Waals surface area contributed by atoms with E-state index < -0.39 is 30.3 Å². The molecular weight excluding hydrogens is 485 g/mol. The number of anilines is 1. The summed E-state index contributed by atoms with van der Waals surface area (Å²) in [6, 6.07) is 5.55. The molecule has 7 nitrogen and oxygen atoms in total. The van der Waals surface area contributed by atoms with E-state index in [9.17, 15) is 22.8 Å². The molecule has 2 saturated heterocycles. The minimum atomic E-state index is -4.21. The van der Waals surface area contributed by atoms with Gasteiger partial charge in [-0.3, -0.25) is 14.6 Å². The topological polar surface area (TPSA) is 56.3 Å². The molecule has 0 bridgehead atoms. The number of carbonyl (C=O) groups is 2. The van der Waals surface area contributed by atoms with Crippen molar-refractivity contribution in [3.8, 4) is 0 Å². The summed E-state index contributed by atoms with van der Waals surface area (Å²) in [5.74, 6) is -0.175. The maximum absolute atomic E-state index is 13.7. The Hall–Kier alpha value is -2.49. The Kier molecular flexibility index (Phi) is 9.37. The van der Waals surface area contributed by atoms with E-state index in [1.807, 2.05) is 25.7 Å². The summed E-state index contributed by atoms with van der Waals surface area (Å²) in [4.78, 5) is 34.1. The van der Waals surface area contributed by atoms with Crippen molar-refractivity contribution in [1.29, 1.82) is 0 Å². The van der Waals surface area contributed by atoms with Crippen LogP contribution in [-0.4, -0.2) is 96.9 Å². The average Bonchev–Trinajstić information content (AvgIpc) is 2.84. The molecule has 2 fully saturated rings. The Bertz CT molecular complexity index is 945. The third-order valence-corrected chi connectivity index (χ3v) is 7.58. The predicted molar refractivity (Wildman–Crippen MR) is 138 cm³/mol. The molecule has 2 aliphatic rings. The first-order valence-electron chi connectivity index (χ1n) is 13.2. The number of carbonyl (C=O) groups excluding carboxylic acids is 2. The molecule has 1 aromatic carbocycles. The second-order valence-corrected chi connectivity index (χ2v) is 10.8. The number of hydrogen-bond acceptors (Lipinski definition) is 5. The number of aryl methyl sites for hydroxylation is 2. The highest BCUT2D eigenvalue weighted by atomic mass is 19.4. The number of halogens is 3. The van der Waals surface area contributed by atoms with Crippen molar-refractivity contribution in [1.82, 2.24) is 14.7 Å². The van der Waals surface area contributed by atoms with Gasteiger partial charge in [0.25, 0.3) is 0 Å². The van der Waals surface area contributed by atoms with E-state index in [1.54, 1.807) is 4.90 Å². The monoisotopic (exact) mass is 526 g/mol. The zero-order valence-corrected chi connectivity index (χ0v) is 22.7. The Morgan fingerprint density at radius 2 is 1.68 bits per heavy atom. The number of alkyl halides is 3. The van der Waals surface area contributed by atoms with Crippen molar-refractivity contribution in [3.05, 3.63) is 29.3 Å². The molecular formula is C27H41F3N4O3. The number of benzene rings is 1. The van der Waals surface area contributed by atoms with E-state index >= 15 is 0 Å². The molecule has 1 aromatic rings. The molecule has 10 heteroatoms. The molecule has 0 N–H and O–H groups in total. The van der Waals surface area contributed by atoms with Gasteiger partial charge in [0, 0.05) is 57.9 Å². The molecule has 0 aliphatic carbocycles. The number of piperazine rings is 2. The Morgan fingerprint density at radius 1 is 1.00 bits per heavy atom. The zero-order chi connectivity index (χ0) is 27.4. The molecule has 1 atom stereocenters. The second kappa shape index (κ2) is 11.9. The molecule has 2 aliphatic heterocycles. The van der Waals surface area contributed by atoms with Gasteiger partial charge in [-0.1, -0.05) is 13.0 Å². The van der Waals surface area contributed by atoms with Gasteiger partial charge in [0.05, 0.1) is 0 Å². The molecule has 0 saturated carbocycles. The molecule has 208 valence electrons. The molecule has 2 amide bonds. The van der Waals surface area contributed by atoms with Gasteiger partial charge in [-0.2, -0.15) is 13.2 Å². The van der Waals surface area contributed by atoms with Crippen molar-refractivity contribution in [2.75, 3.05) is 57.3 Å². The first-order valence-corrected chi connectivity index (χ1v) is 13.2. The normalized spacial score (nSPS) is 19.8. The number of nitrogens with zero attached hydrogens (tertiary/aromatic N) is 4. The number of ether oxygens (including phenoxy) is 1. The van der Waals surface area contributed by atoms with E-state index in [0.29, 0.717) is 39.1 Å². The van der Waals surface area contributed by atoms with Crippen LogP contribution in [0.15, 0.2) is 18.2 Å². The molecule has 0 unspecified atom stereocenters. The first-order chi connectivity index (χ1) is 17.3. The fourth-order valence-corrected chi connectivity index (χ4v) is 4.66. The van der Waals surface area contributed by atoms with Crippen molar-refractivity contribution >= 4 is 17.7 Å². The van der Waals surface area contributed by atoms with Crippen LogP contribution in [0.2, 0.25) is 0 Å². The first kappa shape index (κ1) is 29.1. The molecule has 2 heterocycles. The molecule has 0 aromatic heterocycles. The van der Waals surface area contributed by atoms with Crippen LogP contribution in [-0.2, 0) is 9.53 Å². The summed E-state index contributed by atoms with van der Waals surface area (Å²) in [5, 5.41) is 0. The summed E-state index contributed by atoms with van der Waals surface area (Å²) < 4.78 is 43.7. The molecule has 0 radical (unpaired) electrons. The maximum atomic E-state index is 13.7. The van der Waals surface area contributed by atoms with Crippen LogP contribution in [0.1, 0.15) is 51.2 Å². The minimum Gasteiger partial charge on any atom is -0.443 e. The second-order valence-electron chi connectivity index (χ2n) is 10.8. The van der Waals surface area contributed by atoms with Crippen LogP contribution in [0.5, 0.6) is 0 Å². The number of amides is 2. The third-order valence-electron chi connectivity index (χ3n) is 7.58. The highest BCUT2D eigenvalue weighted by Gasteiger charge is 2.40. The van der Waals surface area contributed by atoms with Gasteiger partial charge in [-0.15, -0.1) is 0 Å². The number of rotatable bonds is 7. The van der Waals surface area contributed by atoms with Gasteiger partial charge in [0.2, 0.25) is 5.91 Å². The summed E-state index contributed by atoms with van der Waals surface area (Å²) in [6.45, 7) is 13.2. The van der Waals surface area contributed by atoms with Crippen LogP contribution in [0.4, 0.5) is 23.7 Å². The van der Waals surface area contributed by atoms with Crippen LogP contribution in [0.3, 0.4) is 0 Å². The molecule has 37 heavy (non-hydrogen) atoms. The van der Waals surface area contributed by atoms with Gasteiger partial charge in [0.1, 0.15) is 11.6 Å². The molecule has 0 spiro atoms. The fraction of sp³-hybridized carbons (Fsp3) is 0.704. The van der Waals surface area contributed by atoms with E-state index in [2.05, 4.69) is 36.9 Å². The van der Waals surface area contributed by atoms with Gasteiger partial charge in [-0.25, -0.2) is 4.79 Å². The highest BCUT2D eigenvalue weighted by molar-refractivity contribution is 5.86. The van der Waals surface area contributed by atoms with Gasteiger partial charge >= 0.3 is 12.3 Å². The van der Waals surface area contributed by atoms with Crippen LogP contribution in [0.25, 0.3) is 0 Å². The highest BCUT2D eigenvalue weighted by Crippen LogP contribution is 2.25. The van der Waals surface area contributed by atoms with E-state index in [0.717, 1.165) is 5.69 Å². The summed E-state index contributed by atoms with van der Waals surface area (Å²) in [5.41, 5.74) is 2.89. The average molecular weight is 527 g/mol. The van der Waals surface area contributed by atoms with Crippen LogP contribution in [0, 0.1) is 13.8 Å². The van der Waals surface area contributed by atoms with E-state index in [4.69, 9.17) is 4.74 Å². The Morgan fingerprint density at radius 3 is 2.27 bits per heavy atom. The minimum absolute atomic E-state index is 0.0354. The van der Waals surface area contributed by atoms with Gasteiger partial charge in [0.15, 0.2) is 0 Å². The lowest BCUT2D eigenvalue weighted by Crippen LogP contribution is -2.63. The van der Waals surface area contributed by atoms with Crippen molar-refractivity contribution in [2.45, 2.75) is 71.7 Å². The largest absolute Gasteiger partial charge is 0.443 e. The van der Waals surface area contributed by atoms with E-state index in [-0.39, 0.29) is 32.0 Å². The summed E-state index contributed by atoms with van der Waals surface area (Å²) >= 11 is 0. The lowest BCUT2D eigenvalue weighted by Gasteiger charge is -2.44. The summed E-state index contributed by atoms with van der Waals surface area (Å²) in [7, 11) is 0. The molecule has 3 rings (SSSR count). The number of hydrogen-bond donors (Lipinski definition) is 0. The van der Waals surface area contributed by atoms with Crippen molar-refractivity contribution < 1.29 is 27.5 Å². The van der Waals surface area contributed by atoms with E-state index in [1.165, 1.54) is 16.0 Å². The van der Waals surface area contributed by atoms with Crippen molar-refractivity contribution in [3.63, 3.8) is 0 Å². The lowest BCUT2D eigenvalue weighted by atomic mass is 10.1. The third kappa shape index (κ3) is 7.99. The van der Waals surface area contributed by atoms with Crippen LogP contribution >= 0.6 is 0 Å². The maximum Gasteiger partial charge on any atom is 0.411 e. The standard InChI is InChI=1S/C27H41F3N4O3/c1-6-26(4,5)37-25(36)34-17-12-31(11-7-10-27(28,29)30)19-23(34)24(35)33-15-13-32(14-16-33)22-9-8-20(2)21(3)18-22/h8-9,18,23H,6-7,10-17,19H2,1-5H3/t23-/m1/s1. The predicted octanol–water partition coefficient (Wildman–Crippen LogP) is 4.61. The van der Waals surface area contributed by atoms with Gasteiger partial charge in [-0.05, 0) is 70.3 Å². The zero-order valence-electron chi connectivity index (χ0n) is 22.7. The quantitative estimate of drug-likeness (QED) is 0.520. The smallest absolute Gasteiger partial charge is 0.411 e. The fourth-order valence-electron chi connectivity index (χ4n) is 4.66. The summed E-state index contributed by atoms with van der Waals surface area (Å²) in [6.07, 6.45) is -5.03. The van der Waals surface area contributed by atoms with Crippen LogP contribution < -0.4 is 4.90 Å². The van der Waals surface area contributed by atoms with Gasteiger partial charge < -0.3 is 14.5 Å².